The Morgan fingerprint density at radius 2 is 2.00 bits per heavy atom. The van der Waals surface area contributed by atoms with Gasteiger partial charge >= 0.3 is 0 Å². The predicted molar refractivity (Wildman–Crippen MR) is 98.8 cm³/mol. The lowest BCUT2D eigenvalue weighted by Crippen LogP contribution is -2.36. The second-order valence-corrected chi connectivity index (χ2v) is 8.10. The van der Waals surface area contributed by atoms with Crippen LogP contribution in [0.15, 0.2) is 24.3 Å². The Kier molecular flexibility index (Phi) is 6.67. The van der Waals surface area contributed by atoms with Crippen molar-refractivity contribution in [3.63, 3.8) is 0 Å². The molecular weight excluding hydrogens is 282 g/mol. The average molecular weight is 318 g/mol. The summed E-state index contributed by atoms with van der Waals surface area (Å²) < 4.78 is 5.85. The molecule has 1 aliphatic heterocycles. The highest BCUT2D eigenvalue weighted by molar-refractivity contribution is 5.33. The van der Waals surface area contributed by atoms with Gasteiger partial charge in [0.2, 0.25) is 0 Å². The third-order valence-electron chi connectivity index (χ3n) is 5.02. The first-order chi connectivity index (χ1) is 10.9. The molecule has 1 fully saturated rings. The van der Waals surface area contributed by atoms with Gasteiger partial charge in [0.1, 0.15) is 6.23 Å². The monoisotopic (exact) mass is 317 g/mol. The van der Waals surface area contributed by atoms with Gasteiger partial charge in [-0.05, 0) is 54.7 Å². The Labute approximate surface area is 143 Å². The smallest absolute Gasteiger partial charge is 0.110 e. The van der Waals surface area contributed by atoms with Crippen LogP contribution >= 0.6 is 0 Å². The molecule has 0 radical (unpaired) electrons. The first-order valence-electron chi connectivity index (χ1n) is 9.36. The zero-order valence-electron chi connectivity index (χ0n) is 15.8. The molecule has 1 aromatic rings. The molecule has 0 bridgehead atoms. The van der Waals surface area contributed by atoms with Gasteiger partial charge in [0.05, 0.1) is 0 Å². The van der Waals surface area contributed by atoms with Gasteiger partial charge < -0.3 is 4.74 Å². The second-order valence-electron chi connectivity index (χ2n) is 8.10. The zero-order chi connectivity index (χ0) is 16.9. The highest BCUT2D eigenvalue weighted by atomic mass is 16.5. The lowest BCUT2D eigenvalue weighted by molar-refractivity contribution is -0.0191. The van der Waals surface area contributed by atoms with Crippen LogP contribution in [0.25, 0.3) is 0 Å². The number of hydrogen-bond acceptors (Lipinski definition) is 2. The lowest BCUT2D eigenvalue weighted by atomic mass is 9.81. The highest BCUT2D eigenvalue weighted by Crippen LogP contribution is 2.28. The van der Waals surface area contributed by atoms with Gasteiger partial charge in [-0.2, -0.15) is 0 Å². The van der Waals surface area contributed by atoms with Crippen molar-refractivity contribution in [1.29, 1.82) is 0 Å². The molecule has 0 spiro atoms. The van der Waals surface area contributed by atoms with Crippen molar-refractivity contribution < 1.29 is 4.74 Å². The number of ether oxygens (including phenoxy) is 1. The van der Waals surface area contributed by atoms with Gasteiger partial charge in [-0.25, -0.2) is 0 Å². The normalized spacial score (nSPS) is 20.2. The first-order valence-corrected chi connectivity index (χ1v) is 9.36. The summed E-state index contributed by atoms with van der Waals surface area (Å²) in [6, 6.07) is 8.97. The Balaban J connectivity index is 1.91. The van der Waals surface area contributed by atoms with Gasteiger partial charge in [-0.3, -0.25) is 4.90 Å². The predicted octanol–water partition coefficient (Wildman–Crippen LogP) is 5.01. The minimum Gasteiger partial charge on any atom is -0.363 e. The Bertz CT molecular complexity index is 471. The summed E-state index contributed by atoms with van der Waals surface area (Å²) in [5.41, 5.74) is 3.25. The molecule has 0 amide bonds. The Morgan fingerprint density at radius 3 is 2.61 bits per heavy atom. The van der Waals surface area contributed by atoms with Crippen molar-refractivity contribution in [1.82, 2.24) is 4.90 Å². The minimum atomic E-state index is 0.226. The number of rotatable bonds is 7. The molecule has 1 aromatic carbocycles. The van der Waals surface area contributed by atoms with E-state index in [2.05, 4.69) is 63.8 Å². The summed E-state index contributed by atoms with van der Waals surface area (Å²) in [5, 5.41) is 0. The van der Waals surface area contributed by atoms with Gasteiger partial charge in [-0.15, -0.1) is 0 Å². The third kappa shape index (κ3) is 5.32. The molecule has 1 saturated heterocycles. The fourth-order valence-corrected chi connectivity index (χ4v) is 3.65. The fourth-order valence-electron chi connectivity index (χ4n) is 3.65. The third-order valence-corrected chi connectivity index (χ3v) is 5.02. The summed E-state index contributed by atoms with van der Waals surface area (Å²) in [6.45, 7) is 14.8. The molecule has 0 aliphatic carbocycles. The molecule has 2 heteroatoms. The first kappa shape index (κ1) is 18.5. The van der Waals surface area contributed by atoms with Crippen LogP contribution in [0, 0.1) is 5.92 Å². The molecule has 2 atom stereocenters. The summed E-state index contributed by atoms with van der Waals surface area (Å²) in [5.74, 6) is 0.703. The standard InChI is InChI=1S/C21H35NO/c1-6-22(20-12-9-15-23-20)14-13-17(2)16-18-10-7-8-11-19(18)21(3,4)5/h7-8,10-11,17,20H,6,9,12-16H2,1-5H3. The molecule has 23 heavy (non-hydrogen) atoms. The summed E-state index contributed by atoms with van der Waals surface area (Å²) in [7, 11) is 0. The van der Waals surface area contributed by atoms with Crippen molar-refractivity contribution in [3.05, 3.63) is 35.4 Å². The Hall–Kier alpha value is -0.860. The van der Waals surface area contributed by atoms with E-state index in [4.69, 9.17) is 4.74 Å². The van der Waals surface area contributed by atoms with E-state index in [-0.39, 0.29) is 5.41 Å². The summed E-state index contributed by atoms with van der Waals surface area (Å²) in [4.78, 5) is 2.51. The van der Waals surface area contributed by atoms with Crippen molar-refractivity contribution in [2.24, 2.45) is 5.92 Å². The Morgan fingerprint density at radius 1 is 1.26 bits per heavy atom. The number of benzene rings is 1. The molecule has 0 saturated carbocycles. The highest BCUT2D eigenvalue weighted by Gasteiger charge is 2.23. The summed E-state index contributed by atoms with van der Waals surface area (Å²) >= 11 is 0. The van der Waals surface area contributed by atoms with E-state index in [9.17, 15) is 0 Å². The van der Waals surface area contributed by atoms with E-state index in [1.54, 1.807) is 0 Å². The average Bonchev–Trinajstić information content (AvgIpc) is 3.01. The van der Waals surface area contributed by atoms with Crippen LogP contribution in [0.3, 0.4) is 0 Å². The van der Waals surface area contributed by atoms with Crippen molar-refractivity contribution in [2.45, 2.75) is 71.9 Å². The van der Waals surface area contributed by atoms with E-state index in [1.807, 2.05) is 0 Å². The number of hydrogen-bond donors (Lipinski definition) is 0. The molecule has 1 heterocycles. The molecule has 1 aliphatic rings. The molecular formula is C21H35NO. The van der Waals surface area contributed by atoms with Crippen molar-refractivity contribution >= 4 is 0 Å². The molecule has 0 N–H and O–H groups in total. The van der Waals surface area contributed by atoms with E-state index in [1.165, 1.54) is 36.8 Å². The molecule has 2 rings (SSSR count). The van der Waals surface area contributed by atoms with Crippen LogP contribution in [0.4, 0.5) is 0 Å². The molecule has 0 aromatic heterocycles. The molecule has 2 unspecified atom stereocenters. The maximum Gasteiger partial charge on any atom is 0.110 e. The molecule has 2 nitrogen and oxygen atoms in total. The number of nitrogens with zero attached hydrogens (tertiary/aromatic N) is 1. The zero-order valence-corrected chi connectivity index (χ0v) is 15.8. The van der Waals surface area contributed by atoms with Crippen LogP contribution in [0.1, 0.15) is 65.0 Å². The molecule has 130 valence electrons. The van der Waals surface area contributed by atoms with E-state index < -0.39 is 0 Å². The van der Waals surface area contributed by atoms with Gasteiger partial charge in [0, 0.05) is 13.2 Å². The minimum absolute atomic E-state index is 0.226. The second kappa shape index (κ2) is 8.30. The maximum atomic E-state index is 5.85. The topological polar surface area (TPSA) is 12.5 Å². The van der Waals surface area contributed by atoms with Crippen LogP contribution in [-0.2, 0) is 16.6 Å². The SMILES string of the molecule is CCN(CCC(C)Cc1ccccc1C(C)(C)C)C1CCCO1. The largest absolute Gasteiger partial charge is 0.363 e. The summed E-state index contributed by atoms with van der Waals surface area (Å²) in [6.07, 6.45) is 5.21. The lowest BCUT2D eigenvalue weighted by Gasteiger charge is -2.28. The van der Waals surface area contributed by atoms with E-state index in [0.717, 1.165) is 19.7 Å². The quantitative estimate of drug-likeness (QED) is 0.701. The van der Waals surface area contributed by atoms with E-state index >= 15 is 0 Å². The van der Waals surface area contributed by atoms with Crippen LogP contribution < -0.4 is 0 Å². The van der Waals surface area contributed by atoms with Crippen LogP contribution in [0.5, 0.6) is 0 Å². The fraction of sp³-hybridized carbons (Fsp3) is 0.714. The van der Waals surface area contributed by atoms with Crippen LogP contribution in [0.2, 0.25) is 0 Å². The van der Waals surface area contributed by atoms with Crippen molar-refractivity contribution in [2.75, 3.05) is 19.7 Å². The van der Waals surface area contributed by atoms with Crippen LogP contribution in [-0.4, -0.2) is 30.8 Å². The van der Waals surface area contributed by atoms with Gasteiger partial charge in [0.15, 0.2) is 0 Å². The van der Waals surface area contributed by atoms with Gasteiger partial charge in [-0.1, -0.05) is 58.9 Å². The maximum absolute atomic E-state index is 5.85. The van der Waals surface area contributed by atoms with Crippen molar-refractivity contribution in [3.8, 4) is 0 Å². The van der Waals surface area contributed by atoms with E-state index in [0.29, 0.717) is 12.1 Å². The van der Waals surface area contributed by atoms with Gasteiger partial charge in [0.25, 0.3) is 0 Å².